The van der Waals surface area contributed by atoms with E-state index < -0.39 is 29.5 Å². The number of H-pyrrole nitrogens is 1. The van der Waals surface area contributed by atoms with Gasteiger partial charge in [0.1, 0.15) is 5.82 Å². The minimum Gasteiger partial charge on any atom is -0.478 e. The number of aromatic amines is 1. The topological polar surface area (TPSA) is 129 Å². The van der Waals surface area contributed by atoms with Crippen LogP contribution in [0.4, 0.5) is 10.1 Å². The van der Waals surface area contributed by atoms with Crippen molar-refractivity contribution in [2.45, 2.75) is 19.3 Å². The zero-order valence-corrected chi connectivity index (χ0v) is 18.1. The van der Waals surface area contributed by atoms with Gasteiger partial charge in [-0.05, 0) is 42.8 Å². The summed E-state index contributed by atoms with van der Waals surface area (Å²) in [5.41, 5.74) is 7.68. The highest BCUT2D eigenvalue weighted by Crippen LogP contribution is 2.40. The van der Waals surface area contributed by atoms with E-state index in [1.54, 1.807) is 13.0 Å². The molecule has 0 saturated heterocycles. The molecule has 0 fully saturated rings. The maximum atomic E-state index is 13.3. The fourth-order valence-corrected chi connectivity index (χ4v) is 4.05. The molecule has 0 radical (unpaired) electrons. The van der Waals surface area contributed by atoms with Crippen molar-refractivity contribution in [3.8, 4) is 11.3 Å². The standard InChI is InChI=1S/C23H18ClFN4O4/c1-11-6-19(28-27-11)16-7-15(22(26)31)18(24)9-20(16)29-10-17(23(32)33)14(8-21(29)30)12-2-4-13(25)5-3-12/h2-7,9-10,14H,8H2,1H3,(H2,26,31)(H,27,28)(H,32,33)/t14-/m0/s1. The first-order valence-corrected chi connectivity index (χ1v) is 10.2. The van der Waals surface area contributed by atoms with Crippen molar-refractivity contribution < 1.29 is 23.9 Å². The third kappa shape index (κ3) is 4.22. The van der Waals surface area contributed by atoms with Crippen molar-refractivity contribution in [2.24, 2.45) is 5.73 Å². The van der Waals surface area contributed by atoms with Gasteiger partial charge < -0.3 is 10.8 Å². The van der Waals surface area contributed by atoms with Crippen LogP contribution in [0.15, 0.2) is 54.2 Å². The molecule has 1 aliphatic heterocycles. The maximum Gasteiger partial charge on any atom is 0.333 e. The van der Waals surface area contributed by atoms with Gasteiger partial charge in [-0.25, -0.2) is 9.18 Å². The van der Waals surface area contributed by atoms with Crippen molar-refractivity contribution in [3.05, 3.63) is 81.9 Å². The molecular formula is C23H18ClFN4O4. The fraction of sp³-hybridized carbons (Fsp3) is 0.130. The van der Waals surface area contributed by atoms with E-state index in [0.717, 1.165) is 5.69 Å². The third-order valence-electron chi connectivity index (χ3n) is 5.40. The molecule has 10 heteroatoms. The molecule has 33 heavy (non-hydrogen) atoms. The van der Waals surface area contributed by atoms with E-state index in [1.807, 2.05) is 0 Å². The number of halogens is 2. The number of benzene rings is 2. The van der Waals surface area contributed by atoms with Gasteiger partial charge in [-0.15, -0.1) is 0 Å². The Morgan fingerprint density at radius 3 is 2.52 bits per heavy atom. The molecule has 1 atom stereocenters. The van der Waals surface area contributed by atoms with E-state index >= 15 is 0 Å². The van der Waals surface area contributed by atoms with Crippen LogP contribution in [0.5, 0.6) is 0 Å². The van der Waals surface area contributed by atoms with Crippen LogP contribution in [-0.4, -0.2) is 33.1 Å². The highest BCUT2D eigenvalue weighted by atomic mass is 35.5. The number of carbonyl (C=O) groups is 3. The Kier molecular flexibility index (Phi) is 5.73. The molecule has 0 bridgehead atoms. The lowest BCUT2D eigenvalue weighted by Crippen LogP contribution is -2.34. The highest BCUT2D eigenvalue weighted by molar-refractivity contribution is 6.34. The molecule has 0 aliphatic carbocycles. The lowest BCUT2D eigenvalue weighted by atomic mass is 9.85. The zero-order chi connectivity index (χ0) is 23.9. The number of primary amides is 1. The highest BCUT2D eigenvalue weighted by Gasteiger charge is 2.34. The third-order valence-corrected chi connectivity index (χ3v) is 5.72. The van der Waals surface area contributed by atoms with Gasteiger partial charge in [0.2, 0.25) is 11.8 Å². The summed E-state index contributed by atoms with van der Waals surface area (Å²) in [5.74, 6) is -3.62. The molecular weight excluding hydrogens is 451 g/mol. The van der Waals surface area contributed by atoms with Crippen molar-refractivity contribution in [1.29, 1.82) is 0 Å². The Balaban J connectivity index is 1.88. The van der Waals surface area contributed by atoms with E-state index in [-0.39, 0.29) is 28.3 Å². The molecule has 1 aliphatic rings. The van der Waals surface area contributed by atoms with Crippen LogP contribution < -0.4 is 10.6 Å². The first kappa shape index (κ1) is 22.2. The van der Waals surface area contributed by atoms with E-state index in [2.05, 4.69) is 10.2 Å². The number of carboxylic acids is 1. The first-order valence-electron chi connectivity index (χ1n) is 9.84. The van der Waals surface area contributed by atoms with Crippen molar-refractivity contribution in [1.82, 2.24) is 10.2 Å². The lowest BCUT2D eigenvalue weighted by molar-refractivity contribution is -0.133. The van der Waals surface area contributed by atoms with Crippen LogP contribution in [0.1, 0.15) is 34.0 Å². The average Bonchev–Trinajstić information content (AvgIpc) is 3.19. The maximum absolute atomic E-state index is 13.3. The summed E-state index contributed by atoms with van der Waals surface area (Å²) < 4.78 is 13.3. The monoisotopic (exact) mass is 468 g/mol. The number of carboxylic acid groups (broad SMARTS) is 1. The van der Waals surface area contributed by atoms with Crippen LogP contribution in [-0.2, 0) is 9.59 Å². The Morgan fingerprint density at radius 1 is 1.24 bits per heavy atom. The number of anilines is 1. The molecule has 2 aromatic carbocycles. The molecule has 168 valence electrons. The molecule has 4 N–H and O–H groups in total. The molecule has 0 saturated carbocycles. The number of nitrogens with two attached hydrogens (primary N) is 1. The summed E-state index contributed by atoms with van der Waals surface area (Å²) >= 11 is 6.25. The van der Waals surface area contributed by atoms with Crippen LogP contribution in [0, 0.1) is 12.7 Å². The zero-order valence-electron chi connectivity index (χ0n) is 17.3. The van der Waals surface area contributed by atoms with Gasteiger partial charge in [0.05, 0.1) is 27.5 Å². The first-order chi connectivity index (χ1) is 15.7. The number of aliphatic carboxylic acids is 1. The number of rotatable bonds is 5. The summed E-state index contributed by atoms with van der Waals surface area (Å²) in [7, 11) is 0. The summed E-state index contributed by atoms with van der Waals surface area (Å²) in [5, 5.41) is 16.8. The van der Waals surface area contributed by atoms with Gasteiger partial charge in [-0.2, -0.15) is 5.10 Å². The number of aryl methyl sites for hydroxylation is 1. The summed E-state index contributed by atoms with van der Waals surface area (Å²) in [6, 6.07) is 9.84. The molecule has 0 unspecified atom stereocenters. The SMILES string of the molecule is Cc1cc(-c2cc(C(N)=O)c(Cl)cc2N2C=C(C(=O)O)[C@H](c3ccc(F)cc3)CC2=O)n[nH]1. The second-order valence-corrected chi connectivity index (χ2v) is 8.02. The van der Waals surface area contributed by atoms with Crippen LogP contribution in [0.3, 0.4) is 0 Å². The number of amides is 2. The lowest BCUT2D eigenvalue weighted by Gasteiger charge is -2.31. The second kappa shape index (κ2) is 8.51. The smallest absolute Gasteiger partial charge is 0.333 e. The van der Waals surface area contributed by atoms with Crippen LogP contribution in [0.25, 0.3) is 11.3 Å². The second-order valence-electron chi connectivity index (χ2n) is 7.61. The van der Waals surface area contributed by atoms with Crippen LogP contribution >= 0.6 is 11.6 Å². The largest absolute Gasteiger partial charge is 0.478 e. The van der Waals surface area contributed by atoms with Crippen molar-refractivity contribution in [3.63, 3.8) is 0 Å². The van der Waals surface area contributed by atoms with Gasteiger partial charge in [-0.3, -0.25) is 19.6 Å². The molecule has 2 heterocycles. The number of carbonyl (C=O) groups excluding carboxylic acids is 2. The fourth-order valence-electron chi connectivity index (χ4n) is 3.80. The Labute approximate surface area is 192 Å². The number of aromatic nitrogens is 2. The average molecular weight is 469 g/mol. The molecule has 4 rings (SSSR count). The van der Waals surface area contributed by atoms with Gasteiger partial charge in [-0.1, -0.05) is 23.7 Å². The van der Waals surface area contributed by atoms with Gasteiger partial charge in [0, 0.05) is 29.8 Å². The van der Waals surface area contributed by atoms with Gasteiger partial charge >= 0.3 is 5.97 Å². The van der Waals surface area contributed by atoms with Crippen molar-refractivity contribution >= 4 is 35.1 Å². The normalized spacial score (nSPS) is 16.0. The van der Waals surface area contributed by atoms with Gasteiger partial charge in [0.25, 0.3) is 0 Å². The van der Waals surface area contributed by atoms with Gasteiger partial charge in [0.15, 0.2) is 0 Å². The quantitative estimate of drug-likeness (QED) is 0.525. The Hall–Kier alpha value is -3.98. The number of hydrogen-bond acceptors (Lipinski definition) is 4. The van der Waals surface area contributed by atoms with E-state index in [0.29, 0.717) is 16.8 Å². The minimum atomic E-state index is -1.22. The summed E-state index contributed by atoms with van der Waals surface area (Å²) in [4.78, 5) is 38.3. The minimum absolute atomic E-state index is 0.00670. The predicted octanol–water partition coefficient (Wildman–Crippen LogP) is 3.77. The van der Waals surface area contributed by atoms with Crippen LogP contribution in [0.2, 0.25) is 5.02 Å². The Bertz CT molecular complexity index is 1320. The Morgan fingerprint density at radius 2 is 1.94 bits per heavy atom. The van der Waals surface area contributed by atoms with Crippen molar-refractivity contribution in [2.75, 3.05) is 4.90 Å². The summed E-state index contributed by atoms with van der Waals surface area (Å²) in [6.45, 7) is 1.78. The molecule has 1 aromatic heterocycles. The molecule has 2 amide bonds. The number of nitrogens with one attached hydrogen (secondary N) is 1. The molecule has 0 spiro atoms. The van der Waals surface area contributed by atoms with E-state index in [4.69, 9.17) is 17.3 Å². The van der Waals surface area contributed by atoms with E-state index in [1.165, 1.54) is 47.5 Å². The number of nitrogens with zero attached hydrogens (tertiary/aromatic N) is 2. The summed E-state index contributed by atoms with van der Waals surface area (Å²) in [6.07, 6.45) is 1.05. The molecule has 3 aromatic rings. The number of hydrogen-bond donors (Lipinski definition) is 3. The predicted molar refractivity (Wildman–Crippen MR) is 119 cm³/mol. The van der Waals surface area contributed by atoms with E-state index in [9.17, 15) is 23.9 Å². The molecule has 8 nitrogen and oxygen atoms in total.